The van der Waals surface area contributed by atoms with E-state index in [1.54, 1.807) is 16.0 Å². The fourth-order valence-corrected chi connectivity index (χ4v) is 10.1. The number of unbranched alkanes of at least 4 members (excludes halogenated alkanes) is 15. The van der Waals surface area contributed by atoms with Crippen LogP contribution in [0.15, 0.2) is 47.2 Å². The van der Waals surface area contributed by atoms with Gasteiger partial charge in [-0.15, -0.1) is 6.42 Å². The average Bonchev–Trinajstić information content (AvgIpc) is 3.36. The molecule has 0 nitrogen and oxygen atoms in total. The second kappa shape index (κ2) is 25.0. The zero-order valence-corrected chi connectivity index (χ0v) is 30.7. The van der Waals surface area contributed by atoms with Crippen molar-refractivity contribution >= 4 is 13.3 Å². The Labute approximate surface area is 278 Å². The number of halogens is 3. The van der Waals surface area contributed by atoms with Crippen LogP contribution < -0.4 is 42.4 Å². The van der Waals surface area contributed by atoms with Gasteiger partial charge in [0.1, 0.15) is 0 Å². The first-order valence-corrected chi connectivity index (χ1v) is 18.0. The second-order valence-corrected chi connectivity index (χ2v) is 16.6. The van der Waals surface area contributed by atoms with E-state index >= 15 is 0 Å². The van der Waals surface area contributed by atoms with Gasteiger partial charge in [-0.2, -0.15) is 11.6 Å². The number of hydrogen-bond donors (Lipinski definition) is 0. The zero-order valence-electron chi connectivity index (χ0n) is 25.8. The molecule has 0 amide bonds. The topological polar surface area (TPSA) is 0 Å². The third-order valence-electron chi connectivity index (χ3n) is 8.16. The summed E-state index contributed by atoms with van der Waals surface area (Å²) < 4.78 is 0. The van der Waals surface area contributed by atoms with Gasteiger partial charge in [0.2, 0.25) is 0 Å². The molecular formula is C34H57Cl3SiTi. The molecule has 0 heterocycles. The molecule has 0 spiro atoms. The van der Waals surface area contributed by atoms with Gasteiger partial charge < -0.3 is 37.2 Å². The summed E-state index contributed by atoms with van der Waals surface area (Å²) >= 11 is 0. The van der Waals surface area contributed by atoms with Crippen molar-refractivity contribution in [1.29, 1.82) is 0 Å². The number of rotatable bonds is 19. The number of hydrogen-bond acceptors (Lipinski definition) is 0. The molecule has 0 bridgehead atoms. The maximum atomic E-state index is 3.84. The molecule has 2 rings (SSSR count). The van der Waals surface area contributed by atoms with E-state index in [1.807, 2.05) is 0 Å². The van der Waals surface area contributed by atoms with Crippen molar-refractivity contribution in [3.63, 3.8) is 0 Å². The van der Waals surface area contributed by atoms with Gasteiger partial charge >= 0.3 is 21.7 Å². The molecule has 5 heteroatoms. The van der Waals surface area contributed by atoms with Crippen molar-refractivity contribution in [2.75, 3.05) is 0 Å². The van der Waals surface area contributed by atoms with Crippen LogP contribution in [-0.2, 0) is 21.7 Å². The molecule has 0 saturated carbocycles. The van der Waals surface area contributed by atoms with Crippen LogP contribution in [0.1, 0.15) is 137 Å². The van der Waals surface area contributed by atoms with Crippen molar-refractivity contribution < 1.29 is 58.9 Å². The van der Waals surface area contributed by atoms with Crippen LogP contribution in [0.25, 0.3) is 0 Å². The molecule has 1 aromatic carbocycles. The SMILES string of the molecule is CCCCCCCCCCCCCCCCCC[Si](C)(C1=[C-]CC=C1C(C)(C)C)c1ccccc1.[Cl-].[Cl-].[Cl-].[Ti+4]. The fraction of sp³-hybridized carbons (Fsp3) is 0.706. The largest absolute Gasteiger partial charge is 4.00 e. The number of allylic oxidation sites excluding steroid dienone is 4. The summed E-state index contributed by atoms with van der Waals surface area (Å²) in [6, 6.07) is 12.8. The summed E-state index contributed by atoms with van der Waals surface area (Å²) in [7, 11) is -1.74. The minimum absolute atomic E-state index is 0. The van der Waals surface area contributed by atoms with Gasteiger partial charge in [-0.3, -0.25) is 6.08 Å². The molecule has 0 radical (unpaired) electrons. The monoisotopic (exact) mass is 646 g/mol. The predicted molar refractivity (Wildman–Crippen MR) is 161 cm³/mol. The van der Waals surface area contributed by atoms with Crippen LogP contribution in [0, 0.1) is 11.5 Å². The third-order valence-corrected chi connectivity index (χ3v) is 12.7. The first-order chi connectivity index (χ1) is 16.9. The van der Waals surface area contributed by atoms with Gasteiger partial charge in [0, 0.05) is 0 Å². The van der Waals surface area contributed by atoms with E-state index in [0.29, 0.717) is 0 Å². The quantitative estimate of drug-likeness (QED) is 0.122. The van der Waals surface area contributed by atoms with Crippen LogP contribution in [-0.4, -0.2) is 8.07 Å². The summed E-state index contributed by atoms with van der Waals surface area (Å²) in [6.45, 7) is 12.0. The van der Waals surface area contributed by atoms with Crippen LogP contribution in [0.3, 0.4) is 0 Å². The van der Waals surface area contributed by atoms with E-state index in [1.165, 1.54) is 109 Å². The maximum absolute atomic E-state index is 3.84. The zero-order chi connectivity index (χ0) is 25.4. The smallest absolute Gasteiger partial charge is 1.00 e. The molecule has 1 aliphatic carbocycles. The van der Waals surface area contributed by atoms with Gasteiger partial charge in [0.25, 0.3) is 0 Å². The Kier molecular flexibility index (Phi) is 28.2. The second-order valence-electron chi connectivity index (χ2n) is 12.4. The van der Waals surface area contributed by atoms with Crippen molar-refractivity contribution in [3.05, 3.63) is 53.3 Å². The van der Waals surface area contributed by atoms with Crippen molar-refractivity contribution in [2.24, 2.45) is 5.41 Å². The van der Waals surface area contributed by atoms with Crippen molar-refractivity contribution in [3.8, 4) is 0 Å². The minimum Gasteiger partial charge on any atom is -1.00 e. The molecule has 39 heavy (non-hydrogen) atoms. The predicted octanol–water partition coefficient (Wildman–Crippen LogP) is 1.89. The Bertz CT molecular complexity index is 757. The van der Waals surface area contributed by atoms with Crippen molar-refractivity contribution in [2.45, 2.75) is 149 Å². The standard InChI is InChI=1S/C34H57Si.3ClH.Ti/c1-6-7-8-9-10-11-12-13-14-15-16-17-18-19-20-24-30-35(5,31-26-22-21-23-27-31)33-29-25-28-32(33)34(2,3)4;;;;/h21-23,26-28H,6-20,24-25,30H2,1-5H3;3*1H;/q-1;;;;+4/p-3. The van der Waals surface area contributed by atoms with E-state index in [-0.39, 0.29) is 64.4 Å². The molecular weight excluding hydrogens is 591 g/mol. The molecule has 1 aromatic rings. The molecule has 0 saturated heterocycles. The van der Waals surface area contributed by atoms with E-state index in [9.17, 15) is 0 Å². The molecule has 0 aromatic heterocycles. The first-order valence-electron chi connectivity index (χ1n) is 15.3. The normalized spacial score (nSPS) is 14.1. The summed E-state index contributed by atoms with van der Waals surface area (Å²) in [4.78, 5) is 0. The molecule has 0 N–H and O–H groups in total. The third kappa shape index (κ3) is 16.7. The molecule has 1 atom stereocenters. The van der Waals surface area contributed by atoms with Gasteiger partial charge in [-0.05, 0) is 0 Å². The Hall–Kier alpha value is 0.501. The van der Waals surface area contributed by atoms with Crippen LogP contribution in [0.5, 0.6) is 0 Å². The molecule has 1 unspecified atom stereocenters. The summed E-state index contributed by atoms with van der Waals surface area (Å²) in [5, 5.41) is 3.21. The number of benzene rings is 1. The van der Waals surface area contributed by atoms with E-state index < -0.39 is 8.07 Å². The maximum Gasteiger partial charge on any atom is 4.00 e. The Morgan fingerprint density at radius 1 is 0.667 bits per heavy atom. The Morgan fingerprint density at radius 3 is 1.49 bits per heavy atom. The molecule has 0 aliphatic heterocycles. The summed E-state index contributed by atoms with van der Waals surface area (Å²) in [5.41, 5.74) is 1.79. The molecule has 0 fully saturated rings. The van der Waals surface area contributed by atoms with Crippen LogP contribution in [0.4, 0.5) is 0 Å². The van der Waals surface area contributed by atoms with E-state index in [2.05, 4.69) is 76.7 Å². The molecule has 1 aliphatic rings. The van der Waals surface area contributed by atoms with Gasteiger partial charge in [-0.1, -0.05) is 184 Å². The first kappa shape index (κ1) is 43.9. The Balaban J connectivity index is -0.00000324. The van der Waals surface area contributed by atoms with E-state index in [0.717, 1.165) is 6.42 Å². The van der Waals surface area contributed by atoms with Crippen molar-refractivity contribution in [1.82, 2.24) is 0 Å². The summed E-state index contributed by atoms with van der Waals surface area (Å²) in [6.07, 6.45) is 30.3. The minimum atomic E-state index is -1.74. The molecule has 222 valence electrons. The fourth-order valence-electron chi connectivity index (χ4n) is 5.87. The average molecular weight is 648 g/mol. The Morgan fingerprint density at radius 2 is 1.08 bits per heavy atom. The van der Waals surface area contributed by atoms with Crippen LogP contribution >= 0.6 is 0 Å². The van der Waals surface area contributed by atoms with Crippen LogP contribution in [0.2, 0.25) is 12.6 Å². The summed E-state index contributed by atoms with van der Waals surface area (Å²) in [5.74, 6) is 0. The van der Waals surface area contributed by atoms with Gasteiger partial charge in [-0.25, -0.2) is 5.20 Å². The van der Waals surface area contributed by atoms with Gasteiger partial charge in [0.15, 0.2) is 0 Å². The van der Waals surface area contributed by atoms with E-state index in [4.69, 9.17) is 0 Å². The van der Waals surface area contributed by atoms with Gasteiger partial charge in [0.05, 0.1) is 8.07 Å².